The van der Waals surface area contributed by atoms with Crippen LogP contribution in [0.5, 0.6) is 0 Å². The molecule has 5 heteroatoms. The number of hydrogen-bond donors (Lipinski definition) is 1. The predicted molar refractivity (Wildman–Crippen MR) is 83.5 cm³/mol. The van der Waals surface area contributed by atoms with Gasteiger partial charge in [-0.15, -0.1) is 0 Å². The van der Waals surface area contributed by atoms with E-state index in [0.717, 1.165) is 38.4 Å². The second-order valence-corrected chi connectivity index (χ2v) is 5.98. The summed E-state index contributed by atoms with van der Waals surface area (Å²) in [6.45, 7) is 6.41. The fourth-order valence-electron chi connectivity index (χ4n) is 2.55. The van der Waals surface area contributed by atoms with Gasteiger partial charge in [0.15, 0.2) is 0 Å². The van der Waals surface area contributed by atoms with Crippen molar-refractivity contribution < 1.29 is 9.53 Å². The molecule has 0 radical (unpaired) electrons. The number of pyridine rings is 1. The summed E-state index contributed by atoms with van der Waals surface area (Å²) in [6, 6.07) is 5.80. The van der Waals surface area contributed by atoms with Crippen LogP contribution in [0.25, 0.3) is 0 Å². The van der Waals surface area contributed by atoms with Crippen LogP contribution in [0.2, 0.25) is 0 Å². The van der Waals surface area contributed by atoms with Crippen LogP contribution in [0, 0.1) is 5.92 Å². The molecule has 1 fully saturated rings. The molecule has 2 heterocycles. The number of amides is 1. The molecule has 5 nitrogen and oxygen atoms in total. The summed E-state index contributed by atoms with van der Waals surface area (Å²) in [7, 11) is 1.83. The Morgan fingerprint density at radius 2 is 2.33 bits per heavy atom. The minimum Gasteiger partial charge on any atom is -0.381 e. The van der Waals surface area contributed by atoms with Crippen LogP contribution in [0.15, 0.2) is 18.2 Å². The number of ether oxygens (including phenoxy) is 1. The number of carbonyl (C=O) groups excluding carboxylic acids is 1. The zero-order valence-electron chi connectivity index (χ0n) is 13.1. The van der Waals surface area contributed by atoms with Crippen molar-refractivity contribution in [2.24, 2.45) is 5.92 Å². The van der Waals surface area contributed by atoms with Gasteiger partial charge in [-0.3, -0.25) is 4.79 Å². The maximum Gasteiger partial charge on any atom is 0.272 e. The van der Waals surface area contributed by atoms with Crippen LogP contribution in [0.3, 0.4) is 0 Å². The highest BCUT2D eigenvalue weighted by Crippen LogP contribution is 2.16. The lowest BCUT2D eigenvalue weighted by atomic mass is 10.0. The SMILES string of the molecule is CC(C)Nc1cccc(C(=O)N(C)CC2CCCOC2)n1. The Balaban J connectivity index is 1.97. The summed E-state index contributed by atoms with van der Waals surface area (Å²) in [4.78, 5) is 18.6. The maximum atomic E-state index is 12.5. The van der Waals surface area contributed by atoms with E-state index in [1.165, 1.54) is 0 Å². The lowest BCUT2D eigenvalue weighted by molar-refractivity contribution is 0.0387. The van der Waals surface area contributed by atoms with Gasteiger partial charge in [-0.05, 0) is 44.7 Å². The molecule has 0 saturated carbocycles. The van der Waals surface area contributed by atoms with Crippen LogP contribution in [0.1, 0.15) is 37.2 Å². The van der Waals surface area contributed by atoms with E-state index in [4.69, 9.17) is 4.74 Å². The maximum absolute atomic E-state index is 12.5. The van der Waals surface area contributed by atoms with Gasteiger partial charge in [-0.2, -0.15) is 0 Å². The first-order valence-electron chi connectivity index (χ1n) is 7.63. The molecule has 1 N–H and O–H groups in total. The Morgan fingerprint density at radius 3 is 3.00 bits per heavy atom. The van der Waals surface area contributed by atoms with Crippen LogP contribution in [0.4, 0.5) is 5.82 Å². The molecule has 1 aromatic heterocycles. The molecule has 0 spiro atoms. The van der Waals surface area contributed by atoms with Gasteiger partial charge in [0.2, 0.25) is 0 Å². The molecule has 1 aliphatic rings. The molecule has 0 bridgehead atoms. The van der Waals surface area contributed by atoms with Crippen LogP contribution >= 0.6 is 0 Å². The van der Waals surface area contributed by atoms with E-state index in [9.17, 15) is 4.79 Å². The van der Waals surface area contributed by atoms with Crippen LogP contribution < -0.4 is 5.32 Å². The average molecular weight is 291 g/mol. The molecule has 1 atom stereocenters. The Hall–Kier alpha value is -1.62. The fourth-order valence-corrected chi connectivity index (χ4v) is 2.55. The van der Waals surface area contributed by atoms with Crippen molar-refractivity contribution in [2.75, 3.05) is 32.1 Å². The largest absolute Gasteiger partial charge is 0.381 e. The molecule has 0 aromatic carbocycles. The van der Waals surface area contributed by atoms with E-state index in [1.54, 1.807) is 11.0 Å². The van der Waals surface area contributed by atoms with Gasteiger partial charge in [0.25, 0.3) is 5.91 Å². The van der Waals surface area contributed by atoms with Crippen LogP contribution in [-0.2, 0) is 4.74 Å². The topological polar surface area (TPSA) is 54.5 Å². The van der Waals surface area contributed by atoms with Crippen LogP contribution in [-0.4, -0.2) is 48.6 Å². The molecular formula is C16H25N3O2. The molecular weight excluding hydrogens is 266 g/mol. The van der Waals surface area contributed by atoms with Gasteiger partial charge in [0.1, 0.15) is 11.5 Å². The summed E-state index contributed by atoms with van der Waals surface area (Å²) in [5, 5.41) is 3.22. The molecule has 1 unspecified atom stereocenters. The quantitative estimate of drug-likeness (QED) is 0.905. The van der Waals surface area contributed by atoms with Gasteiger partial charge < -0.3 is 15.0 Å². The zero-order valence-corrected chi connectivity index (χ0v) is 13.1. The second-order valence-electron chi connectivity index (χ2n) is 5.98. The molecule has 1 aromatic rings. The first kappa shape index (κ1) is 15.8. The summed E-state index contributed by atoms with van der Waals surface area (Å²) >= 11 is 0. The minimum atomic E-state index is -0.0343. The number of aromatic nitrogens is 1. The number of nitrogens with zero attached hydrogens (tertiary/aromatic N) is 2. The van der Waals surface area contributed by atoms with E-state index in [-0.39, 0.29) is 5.91 Å². The first-order valence-corrected chi connectivity index (χ1v) is 7.63. The van der Waals surface area contributed by atoms with Crippen molar-refractivity contribution in [3.8, 4) is 0 Å². The Labute approximate surface area is 126 Å². The smallest absolute Gasteiger partial charge is 0.272 e. The highest BCUT2D eigenvalue weighted by molar-refractivity contribution is 5.92. The number of nitrogens with one attached hydrogen (secondary N) is 1. The van der Waals surface area contributed by atoms with Gasteiger partial charge in [0.05, 0.1) is 6.61 Å². The monoisotopic (exact) mass is 291 g/mol. The Bertz CT molecular complexity index is 470. The number of carbonyl (C=O) groups is 1. The molecule has 21 heavy (non-hydrogen) atoms. The zero-order chi connectivity index (χ0) is 15.2. The summed E-state index contributed by atoms with van der Waals surface area (Å²) in [5.41, 5.74) is 0.486. The molecule has 116 valence electrons. The standard InChI is InChI=1S/C16H25N3O2/c1-12(2)17-15-8-4-7-14(18-15)16(20)19(3)10-13-6-5-9-21-11-13/h4,7-8,12-13H,5-6,9-11H2,1-3H3,(H,17,18). The van der Waals surface area contributed by atoms with Gasteiger partial charge in [0, 0.05) is 26.2 Å². The highest BCUT2D eigenvalue weighted by atomic mass is 16.5. The Kier molecular flexibility index (Phi) is 5.56. The van der Waals surface area contributed by atoms with Crippen molar-refractivity contribution >= 4 is 11.7 Å². The molecule has 0 aliphatic carbocycles. The molecule has 1 saturated heterocycles. The highest BCUT2D eigenvalue weighted by Gasteiger charge is 2.20. The third-order valence-electron chi connectivity index (χ3n) is 3.54. The van der Waals surface area contributed by atoms with E-state index in [0.29, 0.717) is 17.7 Å². The average Bonchev–Trinajstić information content (AvgIpc) is 2.47. The van der Waals surface area contributed by atoms with E-state index in [2.05, 4.69) is 10.3 Å². The number of anilines is 1. The van der Waals surface area contributed by atoms with Gasteiger partial charge >= 0.3 is 0 Å². The minimum absolute atomic E-state index is 0.0343. The lowest BCUT2D eigenvalue weighted by Crippen LogP contribution is -2.35. The summed E-state index contributed by atoms with van der Waals surface area (Å²) in [6.07, 6.45) is 2.21. The second kappa shape index (κ2) is 7.41. The third kappa shape index (κ3) is 4.70. The van der Waals surface area contributed by atoms with Crippen molar-refractivity contribution in [1.29, 1.82) is 0 Å². The number of hydrogen-bond acceptors (Lipinski definition) is 4. The summed E-state index contributed by atoms with van der Waals surface area (Å²) < 4.78 is 5.47. The van der Waals surface area contributed by atoms with E-state index >= 15 is 0 Å². The fraction of sp³-hybridized carbons (Fsp3) is 0.625. The van der Waals surface area contributed by atoms with Gasteiger partial charge in [-0.1, -0.05) is 6.07 Å². The van der Waals surface area contributed by atoms with E-state index < -0.39 is 0 Å². The van der Waals surface area contributed by atoms with Crippen molar-refractivity contribution in [3.63, 3.8) is 0 Å². The van der Waals surface area contributed by atoms with Gasteiger partial charge in [-0.25, -0.2) is 4.98 Å². The van der Waals surface area contributed by atoms with Crippen molar-refractivity contribution in [3.05, 3.63) is 23.9 Å². The van der Waals surface area contributed by atoms with E-state index in [1.807, 2.05) is 33.0 Å². The number of rotatable bonds is 5. The normalized spacial score (nSPS) is 18.6. The third-order valence-corrected chi connectivity index (χ3v) is 3.54. The summed E-state index contributed by atoms with van der Waals surface area (Å²) in [5.74, 6) is 1.14. The molecule has 1 aliphatic heterocycles. The molecule has 1 amide bonds. The Morgan fingerprint density at radius 1 is 1.52 bits per heavy atom. The van der Waals surface area contributed by atoms with Crippen molar-refractivity contribution in [1.82, 2.24) is 9.88 Å². The van der Waals surface area contributed by atoms with Crippen molar-refractivity contribution in [2.45, 2.75) is 32.7 Å². The predicted octanol–water partition coefficient (Wildman–Crippen LogP) is 2.40. The first-order chi connectivity index (χ1) is 10.1. The lowest BCUT2D eigenvalue weighted by Gasteiger charge is -2.27. The molecule has 2 rings (SSSR count).